The fourth-order valence-electron chi connectivity index (χ4n) is 1.32. The molecular weight excluding hydrogens is 178 g/mol. The Kier molecular flexibility index (Phi) is 2.44. The Morgan fingerprint density at radius 3 is 2.93 bits per heavy atom. The first-order valence-corrected chi connectivity index (χ1v) is 4.34. The van der Waals surface area contributed by atoms with Crippen LogP contribution in [0, 0.1) is 0 Å². The van der Waals surface area contributed by atoms with Crippen molar-refractivity contribution in [2.45, 2.75) is 6.54 Å². The summed E-state index contributed by atoms with van der Waals surface area (Å²) in [6.45, 7) is 0.685. The molecule has 0 aliphatic rings. The molecule has 0 radical (unpaired) electrons. The predicted octanol–water partition coefficient (Wildman–Crippen LogP) is 1.33. The Hall–Kier alpha value is -1.84. The minimum Gasteiger partial charge on any atom is -0.496 e. The summed E-state index contributed by atoms with van der Waals surface area (Å²) in [6, 6.07) is 7.88. The molecule has 1 heterocycles. The lowest BCUT2D eigenvalue weighted by Gasteiger charge is -2.07. The Morgan fingerprint density at radius 1 is 1.36 bits per heavy atom. The number of rotatable bonds is 3. The SMILES string of the molecule is COc1ccccc1Cn1cncn1. The summed E-state index contributed by atoms with van der Waals surface area (Å²) in [7, 11) is 1.67. The van der Waals surface area contributed by atoms with E-state index in [1.165, 1.54) is 6.33 Å². The first-order valence-electron chi connectivity index (χ1n) is 4.34. The third-order valence-electron chi connectivity index (χ3n) is 1.99. The van der Waals surface area contributed by atoms with E-state index in [-0.39, 0.29) is 0 Å². The van der Waals surface area contributed by atoms with Gasteiger partial charge < -0.3 is 4.74 Å². The van der Waals surface area contributed by atoms with Gasteiger partial charge >= 0.3 is 0 Å². The van der Waals surface area contributed by atoms with Crippen molar-refractivity contribution in [1.82, 2.24) is 14.8 Å². The van der Waals surface area contributed by atoms with E-state index in [9.17, 15) is 0 Å². The summed E-state index contributed by atoms with van der Waals surface area (Å²) in [6.07, 6.45) is 3.21. The smallest absolute Gasteiger partial charge is 0.137 e. The number of hydrogen-bond acceptors (Lipinski definition) is 3. The van der Waals surface area contributed by atoms with Crippen molar-refractivity contribution in [3.8, 4) is 5.75 Å². The summed E-state index contributed by atoms with van der Waals surface area (Å²) >= 11 is 0. The largest absolute Gasteiger partial charge is 0.496 e. The molecule has 1 aromatic carbocycles. The van der Waals surface area contributed by atoms with Gasteiger partial charge in [-0.2, -0.15) is 5.10 Å². The van der Waals surface area contributed by atoms with Crippen LogP contribution in [0.15, 0.2) is 36.9 Å². The molecule has 0 fully saturated rings. The van der Waals surface area contributed by atoms with E-state index in [0.29, 0.717) is 6.54 Å². The molecule has 4 heteroatoms. The Morgan fingerprint density at radius 2 is 2.21 bits per heavy atom. The third kappa shape index (κ3) is 1.74. The van der Waals surface area contributed by atoms with Crippen molar-refractivity contribution in [3.63, 3.8) is 0 Å². The summed E-state index contributed by atoms with van der Waals surface area (Å²) < 4.78 is 6.99. The van der Waals surface area contributed by atoms with Gasteiger partial charge in [0.25, 0.3) is 0 Å². The van der Waals surface area contributed by atoms with Crippen molar-refractivity contribution >= 4 is 0 Å². The molecule has 0 atom stereocenters. The van der Waals surface area contributed by atoms with Crippen LogP contribution < -0.4 is 4.74 Å². The number of nitrogens with zero attached hydrogens (tertiary/aromatic N) is 3. The van der Waals surface area contributed by atoms with Gasteiger partial charge in [-0.25, -0.2) is 9.67 Å². The zero-order valence-electron chi connectivity index (χ0n) is 7.92. The van der Waals surface area contributed by atoms with E-state index in [1.54, 1.807) is 18.1 Å². The number of methoxy groups -OCH3 is 1. The van der Waals surface area contributed by atoms with Crippen LogP contribution in [0.3, 0.4) is 0 Å². The van der Waals surface area contributed by atoms with Crippen LogP contribution in [-0.4, -0.2) is 21.9 Å². The molecule has 0 unspecified atom stereocenters. The molecular formula is C10H11N3O. The Bertz CT molecular complexity index is 398. The zero-order chi connectivity index (χ0) is 9.80. The van der Waals surface area contributed by atoms with Crippen LogP contribution in [0.25, 0.3) is 0 Å². The first-order chi connectivity index (χ1) is 6.90. The molecule has 0 saturated heterocycles. The predicted molar refractivity (Wildman–Crippen MR) is 52.1 cm³/mol. The molecule has 1 aromatic heterocycles. The first kappa shape index (κ1) is 8.74. The van der Waals surface area contributed by atoms with Crippen LogP contribution in [0.5, 0.6) is 5.75 Å². The van der Waals surface area contributed by atoms with E-state index in [0.717, 1.165) is 11.3 Å². The molecule has 2 aromatic rings. The van der Waals surface area contributed by atoms with Gasteiger partial charge in [0, 0.05) is 5.56 Å². The molecule has 0 saturated carbocycles. The van der Waals surface area contributed by atoms with Crippen LogP contribution in [0.1, 0.15) is 5.56 Å². The van der Waals surface area contributed by atoms with Gasteiger partial charge in [0.2, 0.25) is 0 Å². The summed E-state index contributed by atoms with van der Waals surface area (Å²) in [5, 5.41) is 4.04. The lowest BCUT2D eigenvalue weighted by atomic mass is 10.2. The maximum atomic E-state index is 5.23. The van der Waals surface area contributed by atoms with Gasteiger partial charge in [0.15, 0.2) is 0 Å². The van der Waals surface area contributed by atoms with Gasteiger partial charge in [0.1, 0.15) is 18.4 Å². The van der Waals surface area contributed by atoms with Crippen molar-refractivity contribution < 1.29 is 4.74 Å². The summed E-state index contributed by atoms with van der Waals surface area (Å²) in [5.41, 5.74) is 1.10. The molecule has 0 bridgehead atoms. The van der Waals surface area contributed by atoms with Gasteiger partial charge in [0.05, 0.1) is 13.7 Å². The van der Waals surface area contributed by atoms with Crippen molar-refractivity contribution in [1.29, 1.82) is 0 Å². The van der Waals surface area contributed by atoms with Crippen LogP contribution in [-0.2, 0) is 6.54 Å². The Labute approximate surface area is 82.2 Å². The quantitative estimate of drug-likeness (QED) is 0.731. The lowest BCUT2D eigenvalue weighted by Crippen LogP contribution is -2.01. The number of hydrogen-bond donors (Lipinski definition) is 0. The standard InChI is InChI=1S/C10H11N3O/c1-14-10-5-3-2-4-9(10)6-13-8-11-7-12-13/h2-5,7-8H,6H2,1H3. The number of benzene rings is 1. The average Bonchev–Trinajstić information content (AvgIpc) is 2.71. The number of para-hydroxylation sites is 1. The highest BCUT2D eigenvalue weighted by atomic mass is 16.5. The minimum atomic E-state index is 0.685. The normalized spacial score (nSPS) is 10.1. The van der Waals surface area contributed by atoms with Gasteiger partial charge in [-0.05, 0) is 6.07 Å². The fraction of sp³-hybridized carbons (Fsp3) is 0.200. The Balaban J connectivity index is 2.24. The average molecular weight is 189 g/mol. The minimum absolute atomic E-state index is 0.685. The molecule has 0 aliphatic heterocycles. The second-order valence-electron chi connectivity index (χ2n) is 2.90. The fourth-order valence-corrected chi connectivity index (χ4v) is 1.32. The van der Waals surface area contributed by atoms with Crippen molar-refractivity contribution in [2.24, 2.45) is 0 Å². The maximum absolute atomic E-state index is 5.23. The van der Waals surface area contributed by atoms with Crippen molar-refractivity contribution in [3.05, 3.63) is 42.5 Å². The van der Waals surface area contributed by atoms with Gasteiger partial charge in [-0.15, -0.1) is 0 Å². The van der Waals surface area contributed by atoms with Gasteiger partial charge in [-0.3, -0.25) is 0 Å². The number of ether oxygens (including phenoxy) is 1. The maximum Gasteiger partial charge on any atom is 0.137 e. The van der Waals surface area contributed by atoms with E-state index < -0.39 is 0 Å². The second kappa shape index (κ2) is 3.91. The van der Waals surface area contributed by atoms with E-state index in [2.05, 4.69) is 10.1 Å². The summed E-state index contributed by atoms with van der Waals surface area (Å²) in [4.78, 5) is 3.88. The molecule has 2 rings (SSSR count). The van der Waals surface area contributed by atoms with Crippen molar-refractivity contribution in [2.75, 3.05) is 7.11 Å². The third-order valence-corrected chi connectivity index (χ3v) is 1.99. The highest BCUT2D eigenvalue weighted by Crippen LogP contribution is 2.17. The molecule has 14 heavy (non-hydrogen) atoms. The molecule has 0 N–H and O–H groups in total. The molecule has 72 valence electrons. The highest BCUT2D eigenvalue weighted by Gasteiger charge is 2.01. The molecule has 0 amide bonds. The lowest BCUT2D eigenvalue weighted by molar-refractivity contribution is 0.407. The van der Waals surface area contributed by atoms with Crippen LogP contribution in [0.4, 0.5) is 0 Å². The van der Waals surface area contributed by atoms with E-state index >= 15 is 0 Å². The van der Waals surface area contributed by atoms with Crippen LogP contribution >= 0.6 is 0 Å². The van der Waals surface area contributed by atoms with E-state index in [4.69, 9.17) is 4.74 Å². The number of aromatic nitrogens is 3. The van der Waals surface area contributed by atoms with Gasteiger partial charge in [-0.1, -0.05) is 18.2 Å². The topological polar surface area (TPSA) is 39.9 Å². The second-order valence-corrected chi connectivity index (χ2v) is 2.90. The highest BCUT2D eigenvalue weighted by molar-refractivity contribution is 5.33. The van der Waals surface area contributed by atoms with E-state index in [1.807, 2.05) is 24.3 Å². The molecule has 0 aliphatic carbocycles. The zero-order valence-corrected chi connectivity index (χ0v) is 7.92. The molecule has 4 nitrogen and oxygen atoms in total. The van der Waals surface area contributed by atoms with Crippen LogP contribution in [0.2, 0.25) is 0 Å². The summed E-state index contributed by atoms with van der Waals surface area (Å²) in [5.74, 6) is 0.878. The molecule has 0 spiro atoms. The monoisotopic (exact) mass is 189 g/mol.